The van der Waals surface area contributed by atoms with Gasteiger partial charge in [0, 0.05) is 0 Å². The zero-order valence-electron chi connectivity index (χ0n) is 3.90. The molecule has 50 valence electrons. The van der Waals surface area contributed by atoms with Crippen molar-refractivity contribution in [1.82, 2.24) is 0 Å². The fourth-order valence-electron chi connectivity index (χ4n) is 0.0993. The Kier molecular flexibility index (Phi) is 2.02. The standard InChI is InChI=1S/C3F3NO2/c4-3(5,6)2(8)9-1-7. The van der Waals surface area contributed by atoms with Crippen LogP contribution >= 0.6 is 0 Å². The van der Waals surface area contributed by atoms with Crippen LogP contribution in [0.5, 0.6) is 0 Å². The van der Waals surface area contributed by atoms with Crippen molar-refractivity contribution in [2.24, 2.45) is 0 Å². The summed E-state index contributed by atoms with van der Waals surface area (Å²) in [5.74, 6) is -2.50. The summed E-state index contributed by atoms with van der Waals surface area (Å²) in [4.78, 5) is 9.49. The van der Waals surface area contributed by atoms with Crippen molar-refractivity contribution in [3.8, 4) is 6.26 Å². The van der Waals surface area contributed by atoms with Crippen LogP contribution in [0.3, 0.4) is 0 Å². The number of halogens is 3. The fraction of sp³-hybridized carbons (Fsp3) is 0.333. The van der Waals surface area contributed by atoms with Crippen molar-refractivity contribution in [2.45, 2.75) is 6.18 Å². The molecule has 0 aromatic heterocycles. The molecule has 0 radical (unpaired) electrons. The first-order chi connectivity index (χ1) is 3.98. The number of alkyl halides is 3. The number of hydrogen-bond donors (Lipinski definition) is 0. The zero-order valence-corrected chi connectivity index (χ0v) is 3.90. The molecule has 0 fully saturated rings. The molecule has 0 rings (SSSR count). The first-order valence-electron chi connectivity index (χ1n) is 1.65. The number of nitrogens with zero attached hydrogens (tertiary/aromatic N) is 1. The van der Waals surface area contributed by atoms with Crippen molar-refractivity contribution in [3.05, 3.63) is 0 Å². The zero-order chi connectivity index (χ0) is 7.49. The van der Waals surface area contributed by atoms with Gasteiger partial charge >= 0.3 is 12.1 Å². The molecule has 0 aliphatic carbocycles. The predicted octanol–water partition coefficient (Wildman–Crippen LogP) is 0.573. The summed E-state index contributed by atoms with van der Waals surface area (Å²) in [7, 11) is 0. The van der Waals surface area contributed by atoms with E-state index in [1.807, 2.05) is 0 Å². The highest BCUT2D eigenvalue weighted by molar-refractivity contribution is 5.76. The van der Waals surface area contributed by atoms with Gasteiger partial charge in [0.2, 0.25) is 0 Å². The van der Waals surface area contributed by atoms with Crippen molar-refractivity contribution >= 4 is 5.97 Å². The van der Waals surface area contributed by atoms with E-state index in [4.69, 9.17) is 5.26 Å². The van der Waals surface area contributed by atoms with Crippen LogP contribution in [0, 0.1) is 11.5 Å². The summed E-state index contributed by atoms with van der Waals surface area (Å²) in [5, 5.41) is 7.41. The van der Waals surface area contributed by atoms with Crippen molar-refractivity contribution in [1.29, 1.82) is 5.26 Å². The second-order valence-electron chi connectivity index (χ2n) is 0.979. The van der Waals surface area contributed by atoms with E-state index in [0.29, 0.717) is 6.26 Å². The van der Waals surface area contributed by atoms with E-state index in [9.17, 15) is 18.0 Å². The van der Waals surface area contributed by atoms with E-state index >= 15 is 0 Å². The van der Waals surface area contributed by atoms with Crippen LogP contribution in [0.2, 0.25) is 0 Å². The quantitative estimate of drug-likeness (QED) is 0.364. The van der Waals surface area contributed by atoms with Crippen LogP contribution in [0.1, 0.15) is 0 Å². The molecule has 0 bridgehead atoms. The van der Waals surface area contributed by atoms with Gasteiger partial charge in [-0.2, -0.15) is 13.2 Å². The number of esters is 1. The van der Waals surface area contributed by atoms with E-state index in [1.165, 1.54) is 0 Å². The summed E-state index contributed by atoms with van der Waals surface area (Å²) in [6.45, 7) is 0. The Balaban J connectivity index is 3.93. The minimum Gasteiger partial charge on any atom is -0.344 e. The molecule has 0 spiro atoms. The van der Waals surface area contributed by atoms with Gasteiger partial charge in [0.05, 0.1) is 0 Å². The monoisotopic (exact) mass is 139 g/mol. The molecule has 0 amide bonds. The maximum absolute atomic E-state index is 11.0. The van der Waals surface area contributed by atoms with Gasteiger partial charge in [-0.25, -0.2) is 4.79 Å². The number of carbonyl (C=O) groups excluding carboxylic acids is 1. The summed E-state index contributed by atoms with van der Waals surface area (Å²) in [6, 6.07) is 0. The number of ether oxygens (including phenoxy) is 1. The third-order valence-corrected chi connectivity index (χ3v) is 0.370. The highest BCUT2D eigenvalue weighted by atomic mass is 19.4. The lowest BCUT2D eigenvalue weighted by atomic mass is 10.7. The Labute approximate surface area is 47.6 Å². The second kappa shape index (κ2) is 2.35. The largest absolute Gasteiger partial charge is 0.492 e. The van der Waals surface area contributed by atoms with Gasteiger partial charge in [-0.05, 0) is 0 Å². The third kappa shape index (κ3) is 2.54. The molecule has 9 heavy (non-hydrogen) atoms. The second-order valence-corrected chi connectivity index (χ2v) is 0.979. The lowest BCUT2D eigenvalue weighted by Crippen LogP contribution is -2.23. The Hall–Kier alpha value is -1.25. The van der Waals surface area contributed by atoms with E-state index in [2.05, 4.69) is 4.74 Å². The molecule has 0 atom stereocenters. The molecule has 0 unspecified atom stereocenters. The Morgan fingerprint density at radius 1 is 1.56 bits per heavy atom. The van der Waals surface area contributed by atoms with Gasteiger partial charge in [-0.3, -0.25) is 0 Å². The van der Waals surface area contributed by atoms with E-state index < -0.39 is 12.1 Å². The van der Waals surface area contributed by atoms with Crippen LogP contribution in [-0.2, 0) is 9.53 Å². The molecule has 0 saturated carbocycles. The number of rotatable bonds is 0. The lowest BCUT2D eigenvalue weighted by molar-refractivity contribution is -0.192. The maximum atomic E-state index is 11.0. The Morgan fingerprint density at radius 2 is 2.00 bits per heavy atom. The molecule has 0 aromatic carbocycles. The molecule has 0 heterocycles. The van der Waals surface area contributed by atoms with E-state index in [0.717, 1.165) is 0 Å². The first-order valence-corrected chi connectivity index (χ1v) is 1.65. The Bertz CT molecular complexity index is 155. The third-order valence-electron chi connectivity index (χ3n) is 0.370. The highest BCUT2D eigenvalue weighted by Crippen LogP contribution is 2.15. The molecule has 0 saturated heterocycles. The lowest BCUT2D eigenvalue weighted by Gasteiger charge is -1.97. The Morgan fingerprint density at radius 3 is 2.11 bits per heavy atom. The fourth-order valence-corrected chi connectivity index (χ4v) is 0.0993. The number of nitriles is 1. The summed E-state index contributed by atoms with van der Waals surface area (Å²) < 4.78 is 36.0. The minimum absolute atomic E-state index is 0.604. The van der Waals surface area contributed by atoms with Gasteiger partial charge in [0.1, 0.15) is 0 Å². The van der Waals surface area contributed by atoms with E-state index in [1.54, 1.807) is 0 Å². The number of hydrogen-bond acceptors (Lipinski definition) is 3. The number of carbonyl (C=O) groups is 1. The molecule has 3 nitrogen and oxygen atoms in total. The molecular weight excluding hydrogens is 139 g/mol. The first kappa shape index (κ1) is 7.75. The van der Waals surface area contributed by atoms with Gasteiger partial charge in [-0.1, -0.05) is 0 Å². The molecule has 0 aliphatic rings. The summed E-state index contributed by atoms with van der Waals surface area (Å²) in [6.07, 6.45) is -4.47. The van der Waals surface area contributed by atoms with Crippen LogP contribution in [0.15, 0.2) is 0 Å². The van der Waals surface area contributed by atoms with Crippen molar-refractivity contribution in [2.75, 3.05) is 0 Å². The molecule has 6 heteroatoms. The average molecular weight is 139 g/mol. The summed E-state index contributed by atoms with van der Waals surface area (Å²) >= 11 is 0. The van der Waals surface area contributed by atoms with Gasteiger partial charge < -0.3 is 4.74 Å². The predicted molar refractivity (Wildman–Crippen MR) is 17.8 cm³/mol. The van der Waals surface area contributed by atoms with Crippen LogP contribution < -0.4 is 0 Å². The average Bonchev–Trinajstić information content (AvgIpc) is 1.64. The molecular formula is C3F3NO2. The van der Waals surface area contributed by atoms with Crippen LogP contribution in [0.4, 0.5) is 13.2 Å². The topological polar surface area (TPSA) is 50.1 Å². The van der Waals surface area contributed by atoms with Crippen LogP contribution in [-0.4, -0.2) is 12.1 Å². The van der Waals surface area contributed by atoms with E-state index in [-0.39, 0.29) is 0 Å². The van der Waals surface area contributed by atoms with Gasteiger partial charge in [0.25, 0.3) is 6.26 Å². The molecule has 0 N–H and O–H groups in total. The van der Waals surface area contributed by atoms with Crippen molar-refractivity contribution < 1.29 is 22.7 Å². The SMILES string of the molecule is N#COC(=O)C(F)(F)F. The molecule has 0 aliphatic heterocycles. The smallest absolute Gasteiger partial charge is 0.344 e. The normalized spacial score (nSPS) is 10.0. The highest BCUT2D eigenvalue weighted by Gasteiger charge is 2.41. The van der Waals surface area contributed by atoms with Crippen molar-refractivity contribution in [3.63, 3.8) is 0 Å². The van der Waals surface area contributed by atoms with Gasteiger partial charge in [0.15, 0.2) is 0 Å². The summed E-state index contributed by atoms with van der Waals surface area (Å²) in [5.41, 5.74) is 0. The van der Waals surface area contributed by atoms with Crippen LogP contribution in [0.25, 0.3) is 0 Å². The molecule has 0 aromatic rings. The minimum atomic E-state index is -5.07. The maximum Gasteiger partial charge on any atom is 0.492 e. The van der Waals surface area contributed by atoms with Gasteiger partial charge in [-0.15, -0.1) is 5.26 Å².